The van der Waals surface area contributed by atoms with E-state index in [0.717, 1.165) is 27.8 Å². The average molecular weight is 628 g/mol. The first kappa shape index (κ1) is 31.8. The van der Waals surface area contributed by atoms with Crippen molar-refractivity contribution in [1.29, 1.82) is 0 Å². The van der Waals surface area contributed by atoms with Gasteiger partial charge in [0.15, 0.2) is 0 Å². The minimum Gasteiger partial charge on any atom is -0.460 e. The van der Waals surface area contributed by atoms with E-state index in [1.54, 1.807) is 51.1 Å². The molecule has 4 aromatic carbocycles. The van der Waals surface area contributed by atoms with Crippen molar-refractivity contribution in [1.82, 2.24) is 5.32 Å². The summed E-state index contributed by atoms with van der Waals surface area (Å²) in [4.78, 5) is 25.8. The summed E-state index contributed by atoms with van der Waals surface area (Å²) in [6.45, 7) is 7.39. The Bertz CT molecular complexity index is 1750. The van der Waals surface area contributed by atoms with Crippen LogP contribution in [0.2, 0.25) is 0 Å². The first-order valence-corrected chi connectivity index (χ1v) is 16.2. The summed E-state index contributed by atoms with van der Waals surface area (Å²) in [7, 11) is -4.08. The Morgan fingerprint density at radius 2 is 1.47 bits per heavy atom. The number of hydrogen-bond acceptors (Lipinski definition) is 7. The fraction of sp³-hybridized carbons (Fsp3) is 0.278. The molecule has 5 rings (SSSR count). The molecule has 9 heteroatoms. The summed E-state index contributed by atoms with van der Waals surface area (Å²) < 4.78 is 42.5. The quantitative estimate of drug-likeness (QED) is 0.147. The number of rotatable bonds is 10. The highest BCUT2D eigenvalue weighted by molar-refractivity contribution is 7.87. The third-order valence-electron chi connectivity index (χ3n) is 7.51. The SMILES string of the molecule is Cc1ccc(S(=O)(=O)Oc2cccc(C(CNC(=O)OCC3c4ccccc4-c4ccccc43)CC(=O)OC(C)(C)C)c2)cc1. The molecule has 1 N–H and O–H groups in total. The monoisotopic (exact) mass is 627 g/mol. The molecular formula is C36H37NO7S. The van der Waals surface area contributed by atoms with Crippen LogP contribution in [0.3, 0.4) is 0 Å². The number of esters is 1. The summed E-state index contributed by atoms with van der Waals surface area (Å²) in [5.41, 5.74) is 5.28. The minimum absolute atomic E-state index is 0.0285. The number of aryl methyl sites for hydroxylation is 1. The summed E-state index contributed by atoms with van der Waals surface area (Å²) >= 11 is 0. The van der Waals surface area contributed by atoms with Gasteiger partial charge in [0.1, 0.15) is 22.9 Å². The van der Waals surface area contributed by atoms with E-state index < -0.39 is 33.7 Å². The zero-order valence-corrected chi connectivity index (χ0v) is 26.6. The van der Waals surface area contributed by atoms with Gasteiger partial charge in [-0.25, -0.2) is 4.79 Å². The second-order valence-corrected chi connectivity index (χ2v) is 13.7. The number of nitrogens with one attached hydrogen (secondary N) is 1. The van der Waals surface area contributed by atoms with Crippen LogP contribution in [0.15, 0.2) is 102 Å². The van der Waals surface area contributed by atoms with Gasteiger partial charge < -0.3 is 19.0 Å². The lowest BCUT2D eigenvalue weighted by molar-refractivity contribution is -0.155. The summed E-state index contributed by atoms with van der Waals surface area (Å²) in [6, 6.07) is 29.0. The number of carbonyl (C=O) groups excluding carboxylic acids is 2. The molecule has 0 radical (unpaired) electrons. The number of carbonyl (C=O) groups is 2. The fourth-order valence-electron chi connectivity index (χ4n) is 5.45. The molecule has 8 nitrogen and oxygen atoms in total. The number of fused-ring (bicyclic) bond motifs is 3. The molecule has 234 valence electrons. The molecule has 0 saturated heterocycles. The number of ether oxygens (including phenoxy) is 2. The van der Waals surface area contributed by atoms with Gasteiger partial charge in [0.25, 0.3) is 0 Å². The number of amides is 1. The van der Waals surface area contributed by atoms with Crippen LogP contribution in [0, 0.1) is 6.92 Å². The molecule has 1 aliphatic rings. The Hall–Kier alpha value is -4.63. The topological polar surface area (TPSA) is 108 Å². The normalized spacial score (nSPS) is 13.3. The smallest absolute Gasteiger partial charge is 0.407 e. The van der Waals surface area contributed by atoms with Crippen LogP contribution in [0.5, 0.6) is 5.75 Å². The van der Waals surface area contributed by atoms with Crippen LogP contribution in [-0.4, -0.2) is 39.2 Å². The summed E-state index contributed by atoms with van der Waals surface area (Å²) in [5.74, 6) is -1.01. The van der Waals surface area contributed by atoms with Crippen LogP contribution in [0.1, 0.15) is 61.3 Å². The fourth-order valence-corrected chi connectivity index (χ4v) is 6.37. The maximum Gasteiger partial charge on any atom is 0.407 e. The molecule has 0 fully saturated rings. The van der Waals surface area contributed by atoms with Gasteiger partial charge in [-0.15, -0.1) is 0 Å². The zero-order valence-electron chi connectivity index (χ0n) is 25.8. The van der Waals surface area contributed by atoms with E-state index in [4.69, 9.17) is 13.7 Å². The van der Waals surface area contributed by atoms with Crippen LogP contribution < -0.4 is 9.50 Å². The van der Waals surface area contributed by atoms with Crippen LogP contribution in [-0.2, 0) is 24.4 Å². The number of hydrogen-bond donors (Lipinski definition) is 1. The van der Waals surface area contributed by atoms with Crippen molar-refractivity contribution in [3.05, 3.63) is 119 Å². The van der Waals surface area contributed by atoms with Gasteiger partial charge >= 0.3 is 22.2 Å². The third kappa shape index (κ3) is 7.91. The zero-order chi connectivity index (χ0) is 32.2. The molecule has 1 amide bonds. The first-order chi connectivity index (χ1) is 21.4. The first-order valence-electron chi connectivity index (χ1n) is 14.8. The predicted molar refractivity (Wildman–Crippen MR) is 172 cm³/mol. The highest BCUT2D eigenvalue weighted by Gasteiger charge is 2.29. The van der Waals surface area contributed by atoms with E-state index in [-0.39, 0.29) is 36.1 Å². The molecule has 0 spiro atoms. The highest BCUT2D eigenvalue weighted by Crippen LogP contribution is 2.44. The van der Waals surface area contributed by atoms with E-state index >= 15 is 0 Å². The molecule has 0 aliphatic heterocycles. The van der Waals surface area contributed by atoms with Gasteiger partial charge in [-0.3, -0.25) is 4.79 Å². The van der Waals surface area contributed by atoms with Gasteiger partial charge in [-0.05, 0) is 79.8 Å². The van der Waals surface area contributed by atoms with Crippen LogP contribution >= 0.6 is 0 Å². The maximum atomic E-state index is 13.0. The Balaban J connectivity index is 1.29. The second-order valence-electron chi connectivity index (χ2n) is 12.1. The van der Waals surface area contributed by atoms with Gasteiger partial charge in [0, 0.05) is 18.4 Å². The lowest BCUT2D eigenvalue weighted by Crippen LogP contribution is -2.32. The van der Waals surface area contributed by atoms with Crippen molar-refractivity contribution < 1.29 is 31.7 Å². The maximum absolute atomic E-state index is 13.0. The van der Waals surface area contributed by atoms with E-state index in [2.05, 4.69) is 17.4 Å². The van der Waals surface area contributed by atoms with E-state index in [0.29, 0.717) is 5.56 Å². The molecular weight excluding hydrogens is 590 g/mol. The Morgan fingerprint density at radius 1 is 0.844 bits per heavy atom. The Kier molecular flexibility index (Phi) is 9.29. The van der Waals surface area contributed by atoms with E-state index in [1.807, 2.05) is 43.3 Å². The Labute approximate surface area is 264 Å². The van der Waals surface area contributed by atoms with Crippen molar-refractivity contribution >= 4 is 22.2 Å². The molecule has 45 heavy (non-hydrogen) atoms. The van der Waals surface area contributed by atoms with Crippen LogP contribution in [0.25, 0.3) is 11.1 Å². The van der Waals surface area contributed by atoms with Crippen molar-refractivity contribution in [3.63, 3.8) is 0 Å². The number of benzene rings is 4. The second kappa shape index (κ2) is 13.2. The van der Waals surface area contributed by atoms with Crippen molar-refractivity contribution in [2.24, 2.45) is 0 Å². The van der Waals surface area contributed by atoms with Crippen molar-refractivity contribution in [2.75, 3.05) is 13.2 Å². The lowest BCUT2D eigenvalue weighted by atomic mass is 9.95. The van der Waals surface area contributed by atoms with Gasteiger partial charge in [0.05, 0.1) is 6.42 Å². The van der Waals surface area contributed by atoms with Gasteiger partial charge in [-0.1, -0.05) is 78.4 Å². The molecule has 4 aromatic rings. The van der Waals surface area contributed by atoms with E-state index in [1.165, 1.54) is 18.2 Å². The summed E-state index contributed by atoms with van der Waals surface area (Å²) in [5, 5.41) is 2.79. The molecule has 1 atom stereocenters. The highest BCUT2D eigenvalue weighted by atomic mass is 32.2. The average Bonchev–Trinajstić information content (AvgIpc) is 3.31. The standard InChI is InChI=1S/C36H37NO7S/c1-24-16-18-28(19-17-24)45(40,41)44-27-11-9-10-25(20-27)26(21-34(38)43-36(2,3)4)22-37-35(39)42-23-33-31-14-7-5-12-29(31)30-13-6-8-15-32(30)33/h5-20,26,33H,21-23H2,1-4H3,(H,37,39). The molecule has 0 heterocycles. The van der Waals surface area contributed by atoms with Crippen LogP contribution in [0.4, 0.5) is 4.79 Å². The molecule has 1 unspecified atom stereocenters. The lowest BCUT2D eigenvalue weighted by Gasteiger charge is -2.23. The molecule has 0 aromatic heterocycles. The largest absolute Gasteiger partial charge is 0.460 e. The van der Waals surface area contributed by atoms with Crippen molar-refractivity contribution in [3.8, 4) is 16.9 Å². The molecule has 1 aliphatic carbocycles. The van der Waals surface area contributed by atoms with E-state index in [9.17, 15) is 18.0 Å². The third-order valence-corrected chi connectivity index (χ3v) is 8.78. The summed E-state index contributed by atoms with van der Waals surface area (Å²) in [6.07, 6.45) is -0.685. The molecule has 0 saturated carbocycles. The molecule has 0 bridgehead atoms. The Morgan fingerprint density at radius 3 is 2.09 bits per heavy atom. The van der Waals surface area contributed by atoms with Gasteiger partial charge in [-0.2, -0.15) is 8.42 Å². The van der Waals surface area contributed by atoms with Crippen molar-refractivity contribution in [2.45, 2.75) is 56.4 Å². The predicted octanol–water partition coefficient (Wildman–Crippen LogP) is 7.12. The number of alkyl carbamates (subject to hydrolysis) is 1. The minimum atomic E-state index is -4.08. The van der Waals surface area contributed by atoms with Gasteiger partial charge in [0.2, 0.25) is 0 Å².